The molecule has 2 aromatic carbocycles. The van der Waals surface area contributed by atoms with Crippen LogP contribution in [-0.2, 0) is 20.8 Å². The van der Waals surface area contributed by atoms with Crippen molar-refractivity contribution in [2.45, 2.75) is 69.9 Å². The summed E-state index contributed by atoms with van der Waals surface area (Å²) < 4.78 is 0. The molecule has 2 atom stereocenters. The van der Waals surface area contributed by atoms with Crippen LogP contribution in [0.3, 0.4) is 0 Å². The highest BCUT2D eigenvalue weighted by atomic mass is 16.2. The van der Waals surface area contributed by atoms with Crippen LogP contribution in [0.25, 0.3) is 11.1 Å². The molecule has 0 unspecified atom stereocenters. The summed E-state index contributed by atoms with van der Waals surface area (Å²) in [7, 11) is 0. The molecule has 11 heteroatoms. The van der Waals surface area contributed by atoms with Crippen LogP contribution in [0, 0.1) is 0 Å². The number of rotatable bonds is 20. The zero-order chi connectivity index (χ0) is 30.6. The summed E-state index contributed by atoms with van der Waals surface area (Å²) in [4.78, 5) is 43.2. The molecule has 0 heterocycles. The van der Waals surface area contributed by atoms with Crippen molar-refractivity contribution in [1.82, 2.24) is 16.0 Å². The van der Waals surface area contributed by atoms with E-state index >= 15 is 0 Å². The molecule has 2 rings (SSSR count). The van der Waals surface area contributed by atoms with Crippen LogP contribution in [0.2, 0.25) is 0 Å². The van der Waals surface area contributed by atoms with Crippen LogP contribution >= 0.6 is 0 Å². The van der Waals surface area contributed by atoms with E-state index in [-0.39, 0.29) is 30.1 Å². The highest BCUT2D eigenvalue weighted by Gasteiger charge is 2.26. The van der Waals surface area contributed by atoms with Crippen molar-refractivity contribution in [1.29, 1.82) is 0 Å². The third-order valence-electron chi connectivity index (χ3n) is 6.78. The van der Waals surface area contributed by atoms with E-state index in [0.29, 0.717) is 64.7 Å². The summed E-state index contributed by atoms with van der Waals surface area (Å²) >= 11 is 0. The molecular formula is C31H48N8O3. The fourth-order valence-corrected chi connectivity index (χ4v) is 4.45. The van der Waals surface area contributed by atoms with Gasteiger partial charge < -0.3 is 38.9 Å². The largest absolute Gasteiger partial charge is 0.370 e. The average Bonchev–Trinajstić information content (AvgIpc) is 2.98. The van der Waals surface area contributed by atoms with E-state index in [0.717, 1.165) is 29.5 Å². The fourth-order valence-electron chi connectivity index (χ4n) is 4.45. The predicted octanol–water partition coefficient (Wildman–Crippen LogP) is 1.29. The average molecular weight is 581 g/mol. The Morgan fingerprint density at radius 2 is 1.29 bits per heavy atom. The number of nitrogens with one attached hydrogen (secondary N) is 3. The number of nitrogens with zero attached hydrogens (tertiary/aromatic N) is 1. The first-order chi connectivity index (χ1) is 20.3. The van der Waals surface area contributed by atoms with Crippen molar-refractivity contribution in [2.24, 2.45) is 27.9 Å². The highest BCUT2D eigenvalue weighted by molar-refractivity contribution is 5.92. The first-order valence-corrected chi connectivity index (χ1v) is 14.8. The molecule has 0 aromatic heterocycles. The maximum Gasteiger partial charge on any atom is 0.243 e. The van der Waals surface area contributed by atoms with Gasteiger partial charge in [-0.2, -0.15) is 0 Å². The first kappa shape index (κ1) is 34.2. The maximum atomic E-state index is 13.4. The van der Waals surface area contributed by atoms with Gasteiger partial charge >= 0.3 is 0 Å². The normalized spacial score (nSPS) is 12.1. The third kappa shape index (κ3) is 13.6. The van der Waals surface area contributed by atoms with E-state index in [4.69, 9.17) is 22.9 Å². The zero-order valence-corrected chi connectivity index (χ0v) is 24.5. The number of benzene rings is 2. The second-order valence-corrected chi connectivity index (χ2v) is 10.3. The molecular weight excluding hydrogens is 532 g/mol. The number of aliphatic imine (C=N–C) groups is 1. The molecule has 0 radical (unpaired) electrons. The molecule has 0 fully saturated rings. The van der Waals surface area contributed by atoms with Gasteiger partial charge in [-0.1, -0.05) is 54.6 Å². The lowest BCUT2D eigenvalue weighted by Gasteiger charge is -2.23. The Morgan fingerprint density at radius 1 is 0.690 bits per heavy atom. The Kier molecular flexibility index (Phi) is 16.3. The standard InChI is InChI=1S/C31H48N8O3/c32-18-6-4-12-26(29(41)36-20-8-9-21-37-31(34)35)39-30(42)27(13-5-7-19-33)38-28(40)22-23-14-16-25(17-15-23)24-10-2-1-3-11-24/h1-3,10-11,14-17,26-27H,4-9,12-13,18-22,32-33H2,(H,36,41)(H,38,40)(H,39,42)(H4,34,35,37)/t26-,27-/m0/s1. The van der Waals surface area contributed by atoms with Crippen molar-refractivity contribution < 1.29 is 14.4 Å². The summed E-state index contributed by atoms with van der Waals surface area (Å²) in [6, 6.07) is 16.3. The zero-order valence-electron chi connectivity index (χ0n) is 24.5. The molecule has 0 aliphatic rings. The lowest BCUT2D eigenvalue weighted by molar-refractivity contribution is -0.132. The second kappa shape index (κ2) is 20.0. The Labute approximate surface area is 249 Å². The number of guanidine groups is 1. The minimum atomic E-state index is -0.781. The smallest absolute Gasteiger partial charge is 0.243 e. The lowest BCUT2D eigenvalue weighted by Crippen LogP contribution is -2.54. The Hall–Kier alpha value is -3.96. The molecule has 0 bridgehead atoms. The number of hydrogen-bond donors (Lipinski definition) is 7. The predicted molar refractivity (Wildman–Crippen MR) is 168 cm³/mol. The summed E-state index contributed by atoms with van der Waals surface area (Å²) in [5, 5.41) is 8.64. The molecule has 3 amide bonds. The van der Waals surface area contributed by atoms with E-state index < -0.39 is 12.1 Å². The molecule has 42 heavy (non-hydrogen) atoms. The van der Waals surface area contributed by atoms with Crippen molar-refractivity contribution in [2.75, 3.05) is 26.2 Å². The van der Waals surface area contributed by atoms with Gasteiger partial charge in [0.15, 0.2) is 5.96 Å². The summed E-state index contributed by atoms with van der Waals surface area (Å²) in [5.74, 6) is -0.885. The number of carbonyl (C=O) groups excluding carboxylic acids is 3. The van der Waals surface area contributed by atoms with Gasteiger partial charge in [0, 0.05) is 13.1 Å². The van der Waals surface area contributed by atoms with E-state index in [1.54, 1.807) is 0 Å². The van der Waals surface area contributed by atoms with Gasteiger partial charge in [-0.3, -0.25) is 19.4 Å². The number of carbonyl (C=O) groups is 3. The maximum absolute atomic E-state index is 13.4. The Balaban J connectivity index is 1.99. The second-order valence-electron chi connectivity index (χ2n) is 10.3. The third-order valence-corrected chi connectivity index (χ3v) is 6.78. The van der Waals surface area contributed by atoms with E-state index in [2.05, 4.69) is 20.9 Å². The molecule has 0 saturated heterocycles. The molecule has 0 aliphatic carbocycles. The molecule has 11 N–H and O–H groups in total. The molecule has 0 aliphatic heterocycles. The van der Waals surface area contributed by atoms with Crippen molar-refractivity contribution in [3.63, 3.8) is 0 Å². The van der Waals surface area contributed by atoms with Crippen LogP contribution in [0.5, 0.6) is 0 Å². The summed E-state index contributed by atoms with van der Waals surface area (Å²) in [5.41, 5.74) is 25.0. The first-order valence-electron chi connectivity index (χ1n) is 14.8. The van der Waals surface area contributed by atoms with Gasteiger partial charge in [0.1, 0.15) is 12.1 Å². The minimum absolute atomic E-state index is 0.0378. The molecule has 0 spiro atoms. The molecule has 2 aromatic rings. The number of hydrogen-bond acceptors (Lipinski definition) is 6. The monoisotopic (exact) mass is 580 g/mol. The SMILES string of the molecule is NCCCC[C@H](NC(=O)Cc1ccc(-c2ccccc2)cc1)C(=O)N[C@@H](CCCCN)C(=O)NCCCCN=C(N)N. The summed E-state index contributed by atoms with van der Waals surface area (Å²) in [6.07, 6.45) is 5.21. The number of unbranched alkanes of at least 4 members (excludes halogenated alkanes) is 3. The Morgan fingerprint density at radius 3 is 1.88 bits per heavy atom. The van der Waals surface area contributed by atoms with Crippen LogP contribution in [0.4, 0.5) is 0 Å². The van der Waals surface area contributed by atoms with Crippen LogP contribution in [0.1, 0.15) is 56.9 Å². The lowest BCUT2D eigenvalue weighted by atomic mass is 10.0. The van der Waals surface area contributed by atoms with Crippen molar-refractivity contribution in [3.8, 4) is 11.1 Å². The van der Waals surface area contributed by atoms with Crippen molar-refractivity contribution >= 4 is 23.7 Å². The molecule has 230 valence electrons. The minimum Gasteiger partial charge on any atom is -0.370 e. The van der Waals surface area contributed by atoms with Gasteiger partial charge in [-0.05, 0) is 81.1 Å². The van der Waals surface area contributed by atoms with Crippen molar-refractivity contribution in [3.05, 3.63) is 60.2 Å². The van der Waals surface area contributed by atoms with Crippen LogP contribution in [0.15, 0.2) is 59.6 Å². The van der Waals surface area contributed by atoms with Gasteiger partial charge in [0.05, 0.1) is 6.42 Å². The molecule has 0 saturated carbocycles. The number of amides is 3. The fraction of sp³-hybridized carbons (Fsp3) is 0.484. The van der Waals surface area contributed by atoms with Crippen LogP contribution < -0.4 is 38.9 Å². The molecule has 11 nitrogen and oxygen atoms in total. The Bertz CT molecular complexity index is 1100. The number of nitrogens with two attached hydrogens (primary N) is 4. The topological polar surface area (TPSA) is 204 Å². The summed E-state index contributed by atoms with van der Waals surface area (Å²) in [6.45, 7) is 1.90. The van der Waals surface area contributed by atoms with Gasteiger partial charge in [0.2, 0.25) is 17.7 Å². The van der Waals surface area contributed by atoms with E-state index in [1.807, 2.05) is 54.6 Å². The van der Waals surface area contributed by atoms with Gasteiger partial charge in [-0.25, -0.2) is 0 Å². The quantitative estimate of drug-likeness (QED) is 0.0694. The van der Waals surface area contributed by atoms with Crippen LogP contribution in [-0.4, -0.2) is 61.9 Å². The van der Waals surface area contributed by atoms with E-state index in [1.165, 1.54) is 0 Å². The van der Waals surface area contributed by atoms with Gasteiger partial charge in [0.25, 0.3) is 0 Å². The van der Waals surface area contributed by atoms with E-state index in [9.17, 15) is 14.4 Å². The highest BCUT2D eigenvalue weighted by Crippen LogP contribution is 2.19. The van der Waals surface area contributed by atoms with Gasteiger partial charge in [-0.15, -0.1) is 0 Å².